The number of nitrogens with zero attached hydrogens (tertiary/aromatic N) is 3. The van der Waals surface area contributed by atoms with Gasteiger partial charge >= 0.3 is 0 Å². The number of hydrogen-bond donors (Lipinski definition) is 1. The van der Waals surface area contributed by atoms with Crippen LogP contribution in [0, 0.1) is 12.8 Å². The summed E-state index contributed by atoms with van der Waals surface area (Å²) in [6.07, 6.45) is 10.3. The largest absolute Gasteiger partial charge is 0.387 e. The lowest BCUT2D eigenvalue weighted by Crippen LogP contribution is -2.26. The number of hydrogen-bond acceptors (Lipinski definition) is 2. The number of aliphatic imine (C=N–C) groups is 1. The molecule has 94 valence electrons. The van der Waals surface area contributed by atoms with Crippen molar-refractivity contribution < 1.29 is 0 Å². The molecule has 1 aromatic heterocycles. The van der Waals surface area contributed by atoms with Gasteiger partial charge in [0, 0.05) is 12.1 Å². The zero-order valence-corrected chi connectivity index (χ0v) is 10.6. The first-order valence-electron chi connectivity index (χ1n) is 6.54. The van der Waals surface area contributed by atoms with Crippen molar-refractivity contribution in [2.45, 2.75) is 45.6 Å². The minimum atomic E-state index is 0.531. The Kier molecular flexibility index (Phi) is 4.18. The van der Waals surface area contributed by atoms with E-state index in [1.165, 1.54) is 37.7 Å². The van der Waals surface area contributed by atoms with Gasteiger partial charge < -0.3 is 5.73 Å². The van der Waals surface area contributed by atoms with Gasteiger partial charge in [-0.05, 0) is 25.3 Å². The van der Waals surface area contributed by atoms with E-state index in [0.717, 1.165) is 18.9 Å². The van der Waals surface area contributed by atoms with E-state index in [1.54, 1.807) is 0 Å². The molecule has 0 aliphatic heterocycles. The third kappa shape index (κ3) is 3.58. The van der Waals surface area contributed by atoms with Gasteiger partial charge in [0.25, 0.3) is 0 Å². The maximum atomic E-state index is 6.04. The molecule has 0 bridgehead atoms. The highest BCUT2D eigenvalue weighted by Gasteiger charge is 2.16. The number of amidine groups is 1. The Morgan fingerprint density at radius 1 is 1.47 bits per heavy atom. The number of rotatable bonds is 4. The molecule has 1 heterocycles. The van der Waals surface area contributed by atoms with Gasteiger partial charge in [0.15, 0.2) is 0 Å². The van der Waals surface area contributed by atoms with Crippen molar-refractivity contribution in [3.63, 3.8) is 0 Å². The van der Waals surface area contributed by atoms with E-state index < -0.39 is 0 Å². The summed E-state index contributed by atoms with van der Waals surface area (Å²) in [5, 5.41) is 4.23. The Bertz CT molecular complexity index is 375. The number of nitrogens with two attached hydrogens (primary N) is 1. The van der Waals surface area contributed by atoms with Crippen LogP contribution in [0.3, 0.4) is 0 Å². The second-order valence-corrected chi connectivity index (χ2v) is 4.92. The van der Waals surface area contributed by atoms with Crippen LogP contribution in [0.15, 0.2) is 17.4 Å². The Balaban J connectivity index is 1.79. The summed E-state index contributed by atoms with van der Waals surface area (Å²) < 4.78 is 1.92. The Morgan fingerprint density at radius 3 is 2.88 bits per heavy atom. The lowest BCUT2D eigenvalue weighted by atomic mass is 9.88. The summed E-state index contributed by atoms with van der Waals surface area (Å²) in [5.41, 5.74) is 7.23. The standard InChI is InChI=1S/C13H22N4/c1-11-9-16-17(10-11)8-7-15-13(14)12-5-3-2-4-6-12/h9-10,12H,2-8H2,1H3,(H2,14,15). The minimum Gasteiger partial charge on any atom is -0.387 e. The quantitative estimate of drug-likeness (QED) is 0.641. The SMILES string of the molecule is Cc1cnn(CCN=C(N)C2CCCCC2)c1. The predicted molar refractivity (Wildman–Crippen MR) is 70.0 cm³/mol. The van der Waals surface area contributed by atoms with Gasteiger partial charge in [0.05, 0.1) is 25.1 Å². The summed E-state index contributed by atoms with van der Waals surface area (Å²) >= 11 is 0. The molecule has 0 aromatic carbocycles. The third-order valence-electron chi connectivity index (χ3n) is 3.41. The molecule has 0 spiro atoms. The van der Waals surface area contributed by atoms with Crippen LogP contribution in [-0.4, -0.2) is 22.2 Å². The third-order valence-corrected chi connectivity index (χ3v) is 3.41. The maximum absolute atomic E-state index is 6.04. The monoisotopic (exact) mass is 234 g/mol. The molecule has 1 aliphatic rings. The van der Waals surface area contributed by atoms with E-state index in [-0.39, 0.29) is 0 Å². The van der Waals surface area contributed by atoms with E-state index in [1.807, 2.05) is 24.0 Å². The molecule has 0 atom stereocenters. The Morgan fingerprint density at radius 2 is 2.24 bits per heavy atom. The lowest BCUT2D eigenvalue weighted by Gasteiger charge is -2.20. The lowest BCUT2D eigenvalue weighted by molar-refractivity contribution is 0.436. The summed E-state index contributed by atoms with van der Waals surface area (Å²) in [5.74, 6) is 1.39. The van der Waals surface area contributed by atoms with Crippen molar-refractivity contribution >= 4 is 5.84 Å². The minimum absolute atomic E-state index is 0.531. The summed E-state index contributed by atoms with van der Waals surface area (Å²) in [7, 11) is 0. The van der Waals surface area contributed by atoms with Crippen LogP contribution in [0.25, 0.3) is 0 Å². The molecule has 17 heavy (non-hydrogen) atoms. The molecule has 0 saturated heterocycles. The molecule has 4 heteroatoms. The topological polar surface area (TPSA) is 56.2 Å². The number of aromatic nitrogens is 2. The fourth-order valence-electron chi connectivity index (χ4n) is 2.40. The molecule has 1 saturated carbocycles. The average molecular weight is 234 g/mol. The van der Waals surface area contributed by atoms with Gasteiger partial charge in [-0.15, -0.1) is 0 Å². The molecule has 2 N–H and O–H groups in total. The van der Waals surface area contributed by atoms with Crippen molar-refractivity contribution in [1.82, 2.24) is 9.78 Å². The molecule has 0 unspecified atom stereocenters. The van der Waals surface area contributed by atoms with Gasteiger partial charge in [-0.25, -0.2) is 0 Å². The first kappa shape index (κ1) is 12.1. The molecule has 0 amide bonds. The molecule has 4 nitrogen and oxygen atoms in total. The highest BCUT2D eigenvalue weighted by Crippen LogP contribution is 2.23. The highest BCUT2D eigenvalue weighted by molar-refractivity contribution is 5.82. The van der Waals surface area contributed by atoms with Gasteiger partial charge in [-0.2, -0.15) is 5.10 Å². The van der Waals surface area contributed by atoms with Gasteiger partial charge in [0.2, 0.25) is 0 Å². The first-order chi connectivity index (χ1) is 8.25. The molecular formula is C13H22N4. The van der Waals surface area contributed by atoms with Gasteiger partial charge in [-0.3, -0.25) is 9.67 Å². The van der Waals surface area contributed by atoms with E-state index in [0.29, 0.717) is 5.92 Å². The second-order valence-electron chi connectivity index (χ2n) is 4.92. The fourth-order valence-corrected chi connectivity index (χ4v) is 2.40. The number of aryl methyl sites for hydroxylation is 1. The van der Waals surface area contributed by atoms with Crippen LogP contribution in [0.5, 0.6) is 0 Å². The van der Waals surface area contributed by atoms with E-state index in [2.05, 4.69) is 10.1 Å². The van der Waals surface area contributed by atoms with E-state index >= 15 is 0 Å². The summed E-state index contributed by atoms with van der Waals surface area (Å²) in [4.78, 5) is 4.49. The van der Waals surface area contributed by atoms with Crippen LogP contribution in [0.1, 0.15) is 37.7 Å². The van der Waals surface area contributed by atoms with Gasteiger partial charge in [0.1, 0.15) is 0 Å². The highest BCUT2D eigenvalue weighted by atomic mass is 15.3. The van der Waals surface area contributed by atoms with Crippen LogP contribution in [-0.2, 0) is 6.54 Å². The van der Waals surface area contributed by atoms with Crippen LogP contribution >= 0.6 is 0 Å². The van der Waals surface area contributed by atoms with Crippen LogP contribution in [0.2, 0.25) is 0 Å². The first-order valence-corrected chi connectivity index (χ1v) is 6.54. The van der Waals surface area contributed by atoms with Crippen LogP contribution < -0.4 is 5.73 Å². The van der Waals surface area contributed by atoms with Crippen molar-refractivity contribution in [1.29, 1.82) is 0 Å². The van der Waals surface area contributed by atoms with Crippen molar-refractivity contribution in [2.75, 3.05) is 6.54 Å². The van der Waals surface area contributed by atoms with Crippen LogP contribution in [0.4, 0.5) is 0 Å². The zero-order chi connectivity index (χ0) is 12.1. The van der Waals surface area contributed by atoms with Crippen molar-refractivity contribution in [3.05, 3.63) is 18.0 Å². The Labute approximate surface area is 103 Å². The Hall–Kier alpha value is -1.32. The average Bonchev–Trinajstić information content (AvgIpc) is 2.76. The van der Waals surface area contributed by atoms with E-state index in [4.69, 9.17) is 5.73 Å². The summed E-state index contributed by atoms with van der Waals surface area (Å²) in [6.45, 7) is 3.61. The predicted octanol–water partition coefficient (Wildman–Crippen LogP) is 2.13. The molecule has 0 radical (unpaired) electrons. The summed E-state index contributed by atoms with van der Waals surface area (Å²) in [6, 6.07) is 0. The fraction of sp³-hybridized carbons (Fsp3) is 0.692. The zero-order valence-electron chi connectivity index (χ0n) is 10.6. The molecule has 1 fully saturated rings. The smallest absolute Gasteiger partial charge is 0.0969 e. The maximum Gasteiger partial charge on any atom is 0.0969 e. The molecule has 2 rings (SSSR count). The normalized spacial score (nSPS) is 18.5. The van der Waals surface area contributed by atoms with Gasteiger partial charge in [-0.1, -0.05) is 19.3 Å². The molecule has 1 aliphatic carbocycles. The van der Waals surface area contributed by atoms with E-state index in [9.17, 15) is 0 Å². The second kappa shape index (κ2) is 5.84. The van der Waals surface area contributed by atoms with Crippen molar-refractivity contribution in [3.8, 4) is 0 Å². The molecular weight excluding hydrogens is 212 g/mol. The van der Waals surface area contributed by atoms with Crippen molar-refractivity contribution in [2.24, 2.45) is 16.6 Å². The molecule has 1 aromatic rings.